The molecule has 1 aliphatic rings. The van der Waals surface area contributed by atoms with Gasteiger partial charge in [0.1, 0.15) is 0 Å². The molecule has 1 rings (SSSR count). The number of carbonyl (C=O) groups excluding carboxylic acids is 1. The average Bonchev–Trinajstić information content (AvgIpc) is 2.32. The second-order valence-electron chi connectivity index (χ2n) is 3.50. The Labute approximate surface area is 106 Å². The first-order valence-corrected chi connectivity index (χ1v) is 7.56. The van der Waals surface area contributed by atoms with Crippen molar-refractivity contribution in [1.29, 1.82) is 5.26 Å². The van der Waals surface area contributed by atoms with E-state index < -0.39 is 5.41 Å². The number of nitrogens with two attached hydrogens (primary N) is 1. The fraction of sp³-hybridized carbons (Fsp3) is 0.333. The van der Waals surface area contributed by atoms with Gasteiger partial charge in [-0.3, -0.25) is 0 Å². The molecular formula is C12H12IN2O-. The van der Waals surface area contributed by atoms with Gasteiger partial charge in [0.25, 0.3) is 0 Å². The second kappa shape index (κ2) is 5.83. The van der Waals surface area contributed by atoms with Gasteiger partial charge in [0.2, 0.25) is 0 Å². The number of terminal acetylenes is 1. The number of hydrogen-bond acceptors (Lipinski definition) is 3. The van der Waals surface area contributed by atoms with Crippen LogP contribution in [0.4, 0.5) is 0 Å². The summed E-state index contributed by atoms with van der Waals surface area (Å²) in [5.74, 6) is 2.40. The van der Waals surface area contributed by atoms with Crippen LogP contribution in [-0.2, 0) is 4.79 Å². The molecule has 84 valence electrons. The van der Waals surface area contributed by atoms with Gasteiger partial charge in [-0.25, -0.2) is 0 Å². The van der Waals surface area contributed by atoms with Gasteiger partial charge in [0.05, 0.1) is 0 Å². The van der Waals surface area contributed by atoms with Crippen molar-refractivity contribution in [3.8, 4) is 18.4 Å². The van der Waals surface area contributed by atoms with Crippen LogP contribution in [0.1, 0.15) is 12.8 Å². The molecule has 1 unspecified atom stereocenters. The normalized spacial score (nSPS) is 23.7. The Bertz CT molecular complexity index is 425. The number of ketones is 1. The third-order valence-electron chi connectivity index (χ3n) is 2.42. The third kappa shape index (κ3) is 2.94. The molecular weight excluding hydrogens is 315 g/mol. The molecule has 16 heavy (non-hydrogen) atoms. The van der Waals surface area contributed by atoms with Crippen LogP contribution >= 0.6 is 0 Å². The summed E-state index contributed by atoms with van der Waals surface area (Å²) >= 11 is -0.219. The topological polar surface area (TPSA) is 66.9 Å². The predicted octanol–water partition coefficient (Wildman–Crippen LogP) is -2.06. The van der Waals surface area contributed by atoms with Crippen molar-refractivity contribution in [3.63, 3.8) is 0 Å². The van der Waals surface area contributed by atoms with Crippen LogP contribution in [0.25, 0.3) is 0 Å². The molecule has 0 aromatic heterocycles. The van der Waals surface area contributed by atoms with E-state index in [-0.39, 0.29) is 32.8 Å². The molecule has 0 saturated carbocycles. The van der Waals surface area contributed by atoms with Crippen molar-refractivity contribution >= 4 is 5.78 Å². The van der Waals surface area contributed by atoms with Crippen molar-refractivity contribution in [2.75, 3.05) is 4.43 Å². The molecule has 0 fully saturated rings. The van der Waals surface area contributed by atoms with Gasteiger partial charge in [-0.05, 0) is 0 Å². The van der Waals surface area contributed by atoms with Crippen LogP contribution in [0.15, 0.2) is 23.8 Å². The quantitative estimate of drug-likeness (QED) is 0.212. The zero-order valence-electron chi connectivity index (χ0n) is 8.74. The summed E-state index contributed by atoms with van der Waals surface area (Å²) in [4.78, 5) is 11.3. The van der Waals surface area contributed by atoms with E-state index in [1.807, 2.05) is 6.07 Å². The zero-order valence-corrected chi connectivity index (χ0v) is 10.9. The molecule has 0 heterocycles. The first-order valence-electron chi connectivity index (χ1n) is 4.79. The molecule has 0 radical (unpaired) electrons. The van der Waals surface area contributed by atoms with Gasteiger partial charge in [-0.1, -0.05) is 0 Å². The van der Waals surface area contributed by atoms with Crippen molar-refractivity contribution < 1.29 is 26.3 Å². The number of rotatable bonds is 4. The summed E-state index contributed by atoms with van der Waals surface area (Å²) in [6.45, 7) is 0. The summed E-state index contributed by atoms with van der Waals surface area (Å²) in [7, 11) is 0. The maximum absolute atomic E-state index is 11.3. The van der Waals surface area contributed by atoms with E-state index in [1.54, 1.807) is 12.2 Å². The second-order valence-corrected chi connectivity index (χ2v) is 5.46. The fourth-order valence-electron chi connectivity index (χ4n) is 1.53. The summed E-state index contributed by atoms with van der Waals surface area (Å²) < 4.78 is 6.52. The van der Waals surface area contributed by atoms with E-state index >= 15 is 0 Å². The summed E-state index contributed by atoms with van der Waals surface area (Å²) in [6, 6.07) is 1.88. The number of carbonyl (C=O) groups is 1. The van der Waals surface area contributed by atoms with Crippen LogP contribution in [0.2, 0.25) is 0 Å². The monoisotopic (exact) mass is 327 g/mol. The molecule has 0 aliphatic heterocycles. The Morgan fingerprint density at radius 1 is 1.62 bits per heavy atom. The van der Waals surface area contributed by atoms with E-state index in [4.69, 9.17) is 15.6 Å². The Kier molecular flexibility index (Phi) is 4.72. The third-order valence-corrected chi connectivity index (χ3v) is 3.81. The molecule has 0 bridgehead atoms. The minimum absolute atomic E-state index is 0.142. The van der Waals surface area contributed by atoms with Gasteiger partial charge in [-0.15, -0.1) is 0 Å². The number of alkyl halides is 1. The molecule has 0 spiro atoms. The van der Waals surface area contributed by atoms with E-state index in [0.29, 0.717) is 0 Å². The van der Waals surface area contributed by atoms with Gasteiger partial charge >= 0.3 is 106 Å². The number of nitriles is 1. The van der Waals surface area contributed by atoms with E-state index in [0.717, 1.165) is 17.3 Å². The SMILES string of the molecule is C#CC1(CCC[I-]N)C=CC(=O)C(C#N)=C1. The summed E-state index contributed by atoms with van der Waals surface area (Å²) in [6.07, 6.45) is 11.9. The average molecular weight is 327 g/mol. The molecule has 4 heteroatoms. The number of halogens is 1. The molecule has 1 aliphatic carbocycles. The van der Waals surface area contributed by atoms with E-state index in [1.165, 1.54) is 6.08 Å². The van der Waals surface area contributed by atoms with E-state index in [2.05, 4.69) is 5.92 Å². The number of allylic oxidation sites excluding steroid dienone is 4. The minimum atomic E-state index is -0.572. The Morgan fingerprint density at radius 3 is 2.94 bits per heavy atom. The molecule has 0 amide bonds. The molecule has 1 atom stereocenters. The van der Waals surface area contributed by atoms with Gasteiger partial charge in [0, 0.05) is 0 Å². The number of hydrogen-bond donors (Lipinski definition) is 1. The van der Waals surface area contributed by atoms with Crippen molar-refractivity contribution in [3.05, 3.63) is 23.8 Å². The summed E-state index contributed by atoms with van der Waals surface area (Å²) in [5.41, 5.74) is -0.430. The molecule has 3 nitrogen and oxygen atoms in total. The number of nitrogens with zero attached hydrogens (tertiary/aromatic N) is 1. The molecule has 0 saturated heterocycles. The maximum atomic E-state index is 11.3. The van der Waals surface area contributed by atoms with Crippen molar-refractivity contribution in [1.82, 2.24) is 0 Å². The van der Waals surface area contributed by atoms with Crippen molar-refractivity contribution in [2.45, 2.75) is 12.8 Å². The van der Waals surface area contributed by atoms with Crippen LogP contribution in [0, 0.1) is 29.1 Å². The Balaban J connectivity index is 2.86. The van der Waals surface area contributed by atoms with Crippen LogP contribution in [-0.4, -0.2) is 10.2 Å². The van der Waals surface area contributed by atoms with Gasteiger partial charge in [0.15, 0.2) is 0 Å². The van der Waals surface area contributed by atoms with Gasteiger partial charge in [-0.2, -0.15) is 0 Å². The van der Waals surface area contributed by atoms with Crippen LogP contribution in [0.5, 0.6) is 0 Å². The first kappa shape index (κ1) is 13.0. The Hall–Kier alpha value is -1.11. The van der Waals surface area contributed by atoms with E-state index in [9.17, 15) is 4.79 Å². The predicted molar refractivity (Wildman–Crippen MR) is 57.4 cm³/mol. The standard InChI is InChI=1S/C12H12IN2O/c1-2-12(5-3-7-13-15)6-4-11(16)10(8-12)9-14/h1,4,6,8H,3,5,7,15H2/q-1. The molecule has 2 N–H and O–H groups in total. The molecule has 0 aromatic rings. The van der Waals surface area contributed by atoms with Crippen molar-refractivity contribution in [2.24, 2.45) is 9.36 Å². The molecule has 0 aromatic carbocycles. The fourth-order valence-corrected chi connectivity index (χ4v) is 2.35. The zero-order chi connectivity index (χ0) is 12.0. The van der Waals surface area contributed by atoms with Crippen LogP contribution in [0.3, 0.4) is 0 Å². The summed E-state index contributed by atoms with van der Waals surface area (Å²) in [5, 5.41) is 8.80. The van der Waals surface area contributed by atoms with Crippen LogP contribution < -0.4 is 25.4 Å². The first-order chi connectivity index (χ1) is 7.67. The van der Waals surface area contributed by atoms with Gasteiger partial charge < -0.3 is 0 Å². The Morgan fingerprint density at radius 2 is 2.38 bits per heavy atom.